The standard InChI is InChI=1S/C22H22N6O3S2/c1-15-5-10-19(26-27-23)18(13-15)20-14-32-22(24-20)25-21(29)16-6-8-17(9-7-16)33(30,31)28-11-3-2-4-12-28/h5-10,13-14H,2-4,11-12H2,1H3,(H,24,25,29). The minimum absolute atomic E-state index is 0.183. The molecule has 0 unspecified atom stereocenters. The van der Waals surface area contributed by atoms with E-state index in [-0.39, 0.29) is 4.90 Å². The fourth-order valence-electron chi connectivity index (χ4n) is 3.65. The number of carbonyl (C=O) groups is 1. The van der Waals surface area contributed by atoms with Gasteiger partial charge in [-0.2, -0.15) is 4.31 Å². The lowest BCUT2D eigenvalue weighted by Gasteiger charge is -2.25. The van der Waals surface area contributed by atoms with Crippen molar-refractivity contribution in [3.63, 3.8) is 0 Å². The molecule has 1 aliphatic rings. The van der Waals surface area contributed by atoms with Gasteiger partial charge in [-0.05, 0) is 55.6 Å². The number of thiazole rings is 1. The van der Waals surface area contributed by atoms with Crippen LogP contribution in [0, 0.1) is 6.92 Å². The molecule has 0 radical (unpaired) electrons. The molecule has 11 heteroatoms. The number of nitrogens with zero attached hydrogens (tertiary/aromatic N) is 5. The highest BCUT2D eigenvalue weighted by Crippen LogP contribution is 2.33. The van der Waals surface area contributed by atoms with E-state index >= 15 is 0 Å². The Morgan fingerprint density at radius 2 is 1.88 bits per heavy atom. The Morgan fingerprint density at radius 1 is 1.15 bits per heavy atom. The SMILES string of the molecule is Cc1ccc(N=[N+]=[N-])c(-c2csc(NC(=O)c3ccc(S(=O)(=O)N4CCCCC4)cc3)n2)c1. The molecule has 1 aliphatic heterocycles. The van der Waals surface area contributed by atoms with Crippen molar-refractivity contribution in [2.75, 3.05) is 18.4 Å². The van der Waals surface area contributed by atoms with Crippen LogP contribution in [0.1, 0.15) is 35.2 Å². The molecule has 1 amide bonds. The van der Waals surface area contributed by atoms with Gasteiger partial charge >= 0.3 is 0 Å². The van der Waals surface area contributed by atoms with E-state index in [2.05, 4.69) is 20.3 Å². The van der Waals surface area contributed by atoms with Crippen LogP contribution in [-0.2, 0) is 10.0 Å². The maximum atomic E-state index is 12.8. The van der Waals surface area contributed by atoms with Gasteiger partial charge in [0.2, 0.25) is 10.0 Å². The summed E-state index contributed by atoms with van der Waals surface area (Å²) in [6.07, 6.45) is 2.77. The molecule has 0 spiro atoms. The molecule has 9 nitrogen and oxygen atoms in total. The zero-order valence-electron chi connectivity index (χ0n) is 17.9. The number of azide groups is 1. The van der Waals surface area contributed by atoms with Crippen LogP contribution in [0.5, 0.6) is 0 Å². The van der Waals surface area contributed by atoms with Crippen molar-refractivity contribution in [1.29, 1.82) is 0 Å². The highest BCUT2D eigenvalue weighted by Gasteiger charge is 2.26. The summed E-state index contributed by atoms with van der Waals surface area (Å²) in [5.41, 5.74) is 11.8. The third-order valence-corrected chi connectivity index (χ3v) is 8.05. The van der Waals surface area contributed by atoms with Gasteiger partial charge < -0.3 is 0 Å². The molecular formula is C22H22N6O3S2. The molecule has 0 atom stereocenters. The summed E-state index contributed by atoms with van der Waals surface area (Å²) in [7, 11) is -3.55. The zero-order chi connectivity index (χ0) is 23.4. The van der Waals surface area contributed by atoms with Crippen LogP contribution in [0.2, 0.25) is 0 Å². The number of rotatable bonds is 6. The predicted molar refractivity (Wildman–Crippen MR) is 128 cm³/mol. The fourth-order valence-corrected chi connectivity index (χ4v) is 5.87. The molecule has 33 heavy (non-hydrogen) atoms. The van der Waals surface area contributed by atoms with E-state index in [0.717, 1.165) is 24.8 Å². The first-order valence-electron chi connectivity index (χ1n) is 10.4. The van der Waals surface area contributed by atoms with Gasteiger partial charge in [0.25, 0.3) is 5.91 Å². The Labute approximate surface area is 195 Å². The number of carbonyl (C=O) groups excluding carboxylic acids is 1. The Hall–Kier alpha value is -3.24. The van der Waals surface area contributed by atoms with Crippen molar-refractivity contribution in [1.82, 2.24) is 9.29 Å². The van der Waals surface area contributed by atoms with Crippen molar-refractivity contribution < 1.29 is 13.2 Å². The lowest BCUT2D eigenvalue weighted by molar-refractivity contribution is 0.102. The Balaban J connectivity index is 1.49. The third-order valence-electron chi connectivity index (χ3n) is 5.37. The summed E-state index contributed by atoms with van der Waals surface area (Å²) in [6, 6.07) is 11.4. The Bertz CT molecular complexity index is 1320. The van der Waals surface area contributed by atoms with Gasteiger partial charge in [-0.3, -0.25) is 10.1 Å². The number of benzene rings is 2. The average Bonchev–Trinajstić information content (AvgIpc) is 3.29. The largest absolute Gasteiger partial charge is 0.298 e. The maximum absolute atomic E-state index is 12.8. The summed E-state index contributed by atoms with van der Waals surface area (Å²) in [4.78, 5) is 20.2. The Kier molecular flexibility index (Phi) is 6.75. The van der Waals surface area contributed by atoms with Crippen LogP contribution in [0.4, 0.5) is 10.8 Å². The van der Waals surface area contributed by atoms with E-state index in [1.807, 2.05) is 19.1 Å². The van der Waals surface area contributed by atoms with Crippen LogP contribution in [0.15, 0.2) is 57.9 Å². The normalized spacial score (nSPS) is 14.5. The highest BCUT2D eigenvalue weighted by atomic mass is 32.2. The number of piperidine rings is 1. The molecule has 0 bridgehead atoms. The molecule has 4 rings (SSSR count). The van der Waals surface area contributed by atoms with Gasteiger partial charge in [-0.1, -0.05) is 29.2 Å². The van der Waals surface area contributed by atoms with E-state index in [9.17, 15) is 13.2 Å². The summed E-state index contributed by atoms with van der Waals surface area (Å²) < 4.78 is 27.1. The minimum Gasteiger partial charge on any atom is -0.298 e. The fraction of sp³-hybridized carbons (Fsp3) is 0.273. The lowest BCUT2D eigenvalue weighted by Crippen LogP contribution is -2.35. The summed E-state index contributed by atoms with van der Waals surface area (Å²) in [6.45, 7) is 2.98. The number of amides is 1. The molecular weight excluding hydrogens is 460 g/mol. The molecule has 1 fully saturated rings. The first kappa shape index (κ1) is 22.9. The molecule has 2 heterocycles. The van der Waals surface area contributed by atoms with Gasteiger partial charge in [0.05, 0.1) is 10.6 Å². The molecule has 3 aromatic rings. The zero-order valence-corrected chi connectivity index (χ0v) is 19.6. The summed E-state index contributed by atoms with van der Waals surface area (Å²) in [5.74, 6) is -0.391. The maximum Gasteiger partial charge on any atom is 0.257 e. The minimum atomic E-state index is -3.55. The average molecular weight is 483 g/mol. The van der Waals surface area contributed by atoms with Crippen molar-refractivity contribution >= 4 is 38.1 Å². The predicted octanol–water partition coefficient (Wildman–Crippen LogP) is 5.49. The number of hydrogen-bond acceptors (Lipinski definition) is 6. The molecule has 1 N–H and O–H groups in total. The van der Waals surface area contributed by atoms with Crippen molar-refractivity contribution in [2.45, 2.75) is 31.1 Å². The van der Waals surface area contributed by atoms with Gasteiger partial charge in [0, 0.05) is 40.2 Å². The molecule has 0 aliphatic carbocycles. The van der Waals surface area contributed by atoms with Crippen LogP contribution in [0.25, 0.3) is 21.7 Å². The van der Waals surface area contributed by atoms with Crippen LogP contribution in [0.3, 0.4) is 0 Å². The quantitative estimate of drug-likeness (QED) is 0.283. The molecule has 0 saturated carbocycles. The van der Waals surface area contributed by atoms with Crippen molar-refractivity contribution in [3.05, 3.63) is 69.4 Å². The molecule has 2 aromatic carbocycles. The second-order valence-electron chi connectivity index (χ2n) is 7.69. The number of aryl methyl sites for hydroxylation is 1. The topological polar surface area (TPSA) is 128 Å². The van der Waals surface area contributed by atoms with Gasteiger partial charge in [-0.25, -0.2) is 13.4 Å². The van der Waals surface area contributed by atoms with Crippen molar-refractivity contribution in [3.8, 4) is 11.3 Å². The van der Waals surface area contributed by atoms with Gasteiger partial charge in [0.1, 0.15) is 0 Å². The molecule has 170 valence electrons. The number of aromatic nitrogens is 1. The lowest BCUT2D eigenvalue weighted by atomic mass is 10.1. The van der Waals surface area contributed by atoms with Crippen LogP contribution < -0.4 is 5.32 Å². The van der Waals surface area contributed by atoms with E-state index < -0.39 is 15.9 Å². The van der Waals surface area contributed by atoms with E-state index in [4.69, 9.17) is 5.53 Å². The molecule has 1 aromatic heterocycles. The summed E-state index contributed by atoms with van der Waals surface area (Å²) >= 11 is 1.25. The molecule has 1 saturated heterocycles. The second-order valence-corrected chi connectivity index (χ2v) is 10.5. The van der Waals surface area contributed by atoms with E-state index in [0.29, 0.717) is 40.7 Å². The van der Waals surface area contributed by atoms with Crippen molar-refractivity contribution in [2.24, 2.45) is 5.11 Å². The first-order chi connectivity index (χ1) is 15.9. The number of hydrogen-bond donors (Lipinski definition) is 1. The highest BCUT2D eigenvalue weighted by molar-refractivity contribution is 7.89. The van der Waals surface area contributed by atoms with E-state index in [1.165, 1.54) is 39.9 Å². The number of anilines is 1. The summed E-state index contributed by atoms with van der Waals surface area (Å²) in [5, 5.41) is 8.61. The van der Waals surface area contributed by atoms with Gasteiger partial charge in [0.15, 0.2) is 5.13 Å². The Morgan fingerprint density at radius 3 is 2.58 bits per heavy atom. The number of sulfonamides is 1. The smallest absolute Gasteiger partial charge is 0.257 e. The monoisotopic (exact) mass is 482 g/mol. The van der Waals surface area contributed by atoms with Gasteiger partial charge in [-0.15, -0.1) is 11.3 Å². The van der Waals surface area contributed by atoms with Crippen LogP contribution in [-0.4, -0.2) is 36.7 Å². The third kappa shape index (κ3) is 5.07. The second kappa shape index (κ2) is 9.72. The number of nitrogens with one attached hydrogen (secondary N) is 1. The van der Waals surface area contributed by atoms with Crippen LogP contribution >= 0.6 is 11.3 Å². The van der Waals surface area contributed by atoms with E-state index in [1.54, 1.807) is 11.4 Å². The first-order valence-corrected chi connectivity index (χ1v) is 12.7.